The predicted octanol–water partition coefficient (Wildman–Crippen LogP) is 4.46. The first-order valence-electron chi connectivity index (χ1n) is 8.97. The molecule has 3 rings (SSSR count). The van der Waals surface area contributed by atoms with E-state index in [0.717, 1.165) is 5.56 Å². The summed E-state index contributed by atoms with van der Waals surface area (Å²) in [7, 11) is -3.79. The molecule has 1 amide bonds. The standard InChI is InChI=1S/C22H22N2O3S/c1-3-24(20-12-5-4-6-13-20)28(26,27)21-14-8-10-18(16-21)22(25)23-19-11-7-9-17(2)15-19/h4-16H,3H2,1-2H3,(H,23,25). The zero-order chi connectivity index (χ0) is 20.1. The quantitative estimate of drug-likeness (QED) is 0.671. The van der Waals surface area contributed by atoms with Gasteiger partial charge in [0.1, 0.15) is 0 Å². The van der Waals surface area contributed by atoms with Gasteiger partial charge in [-0.05, 0) is 61.9 Å². The molecule has 0 saturated heterocycles. The third-order valence-electron chi connectivity index (χ3n) is 4.29. The molecule has 0 aliphatic carbocycles. The topological polar surface area (TPSA) is 66.5 Å². The molecule has 6 heteroatoms. The van der Waals surface area contributed by atoms with Crippen LogP contribution in [0.3, 0.4) is 0 Å². The van der Waals surface area contributed by atoms with Gasteiger partial charge >= 0.3 is 0 Å². The molecule has 28 heavy (non-hydrogen) atoms. The van der Waals surface area contributed by atoms with E-state index in [4.69, 9.17) is 0 Å². The van der Waals surface area contributed by atoms with E-state index in [2.05, 4.69) is 5.32 Å². The number of para-hydroxylation sites is 1. The monoisotopic (exact) mass is 394 g/mol. The Bertz CT molecular complexity index is 1080. The molecule has 0 aliphatic rings. The number of aryl methyl sites for hydroxylation is 1. The van der Waals surface area contributed by atoms with Crippen molar-refractivity contribution in [1.82, 2.24) is 0 Å². The summed E-state index contributed by atoms with van der Waals surface area (Å²) in [5.74, 6) is -0.356. The van der Waals surface area contributed by atoms with Crippen LogP contribution in [-0.4, -0.2) is 20.9 Å². The Kier molecular flexibility index (Phi) is 5.80. The fourth-order valence-electron chi connectivity index (χ4n) is 2.94. The van der Waals surface area contributed by atoms with Crippen LogP contribution in [0.2, 0.25) is 0 Å². The highest BCUT2D eigenvalue weighted by molar-refractivity contribution is 7.92. The predicted molar refractivity (Wildman–Crippen MR) is 112 cm³/mol. The lowest BCUT2D eigenvalue weighted by Gasteiger charge is -2.23. The van der Waals surface area contributed by atoms with Crippen molar-refractivity contribution >= 4 is 27.3 Å². The zero-order valence-electron chi connectivity index (χ0n) is 15.8. The molecule has 0 aromatic heterocycles. The highest BCUT2D eigenvalue weighted by Gasteiger charge is 2.24. The minimum Gasteiger partial charge on any atom is -0.322 e. The summed E-state index contributed by atoms with van der Waals surface area (Å²) in [5.41, 5.74) is 2.56. The normalized spacial score (nSPS) is 11.1. The number of sulfonamides is 1. The van der Waals surface area contributed by atoms with Gasteiger partial charge in [-0.15, -0.1) is 0 Å². The third kappa shape index (κ3) is 4.23. The molecule has 3 aromatic carbocycles. The number of carbonyl (C=O) groups is 1. The summed E-state index contributed by atoms with van der Waals surface area (Å²) in [6, 6.07) is 22.4. The van der Waals surface area contributed by atoms with Gasteiger partial charge in [0, 0.05) is 17.8 Å². The van der Waals surface area contributed by atoms with Crippen molar-refractivity contribution in [2.24, 2.45) is 0 Å². The number of hydrogen-bond acceptors (Lipinski definition) is 3. The number of benzene rings is 3. The first kappa shape index (κ1) is 19.6. The van der Waals surface area contributed by atoms with Crippen LogP contribution in [0, 0.1) is 6.92 Å². The summed E-state index contributed by atoms with van der Waals surface area (Å²) in [6.07, 6.45) is 0. The number of hydrogen-bond donors (Lipinski definition) is 1. The first-order valence-corrected chi connectivity index (χ1v) is 10.4. The number of rotatable bonds is 6. The van der Waals surface area contributed by atoms with Crippen molar-refractivity contribution in [3.05, 3.63) is 90.0 Å². The minimum absolute atomic E-state index is 0.0788. The zero-order valence-corrected chi connectivity index (χ0v) is 16.6. The maximum absolute atomic E-state index is 13.1. The molecule has 144 valence electrons. The van der Waals surface area contributed by atoms with E-state index < -0.39 is 10.0 Å². The maximum atomic E-state index is 13.1. The highest BCUT2D eigenvalue weighted by atomic mass is 32.2. The Morgan fingerprint density at radius 1 is 0.929 bits per heavy atom. The molecular formula is C22H22N2O3S. The van der Waals surface area contributed by atoms with Crippen molar-refractivity contribution in [2.75, 3.05) is 16.2 Å². The van der Waals surface area contributed by atoms with Crippen LogP contribution in [0.15, 0.2) is 83.8 Å². The second kappa shape index (κ2) is 8.27. The van der Waals surface area contributed by atoms with E-state index in [1.54, 1.807) is 49.4 Å². The van der Waals surface area contributed by atoms with Crippen LogP contribution >= 0.6 is 0 Å². The maximum Gasteiger partial charge on any atom is 0.264 e. The summed E-state index contributed by atoms with van der Waals surface area (Å²) in [6.45, 7) is 4.00. The smallest absolute Gasteiger partial charge is 0.264 e. The van der Waals surface area contributed by atoms with E-state index in [1.807, 2.05) is 31.2 Å². The van der Waals surface area contributed by atoms with E-state index in [9.17, 15) is 13.2 Å². The van der Waals surface area contributed by atoms with Crippen molar-refractivity contribution in [3.63, 3.8) is 0 Å². The van der Waals surface area contributed by atoms with E-state index in [1.165, 1.54) is 16.4 Å². The molecule has 0 bridgehead atoms. The van der Waals surface area contributed by atoms with E-state index >= 15 is 0 Å². The van der Waals surface area contributed by atoms with Crippen LogP contribution in [0.5, 0.6) is 0 Å². The van der Waals surface area contributed by atoms with Gasteiger partial charge in [0.05, 0.1) is 10.6 Å². The fraction of sp³-hybridized carbons (Fsp3) is 0.136. The Labute approximate surface area is 165 Å². The molecule has 0 unspecified atom stereocenters. The average molecular weight is 394 g/mol. The Balaban J connectivity index is 1.90. The van der Waals surface area contributed by atoms with E-state index in [0.29, 0.717) is 11.4 Å². The van der Waals surface area contributed by atoms with Gasteiger partial charge < -0.3 is 5.32 Å². The molecule has 5 nitrogen and oxygen atoms in total. The summed E-state index contributed by atoms with van der Waals surface area (Å²) < 4.78 is 27.6. The Hall–Kier alpha value is -3.12. The van der Waals surface area contributed by atoms with Crippen LogP contribution in [0.25, 0.3) is 0 Å². The number of amides is 1. The number of anilines is 2. The van der Waals surface area contributed by atoms with Crippen LogP contribution < -0.4 is 9.62 Å². The lowest BCUT2D eigenvalue weighted by atomic mass is 10.2. The fourth-order valence-corrected chi connectivity index (χ4v) is 4.46. The van der Waals surface area contributed by atoms with Gasteiger partial charge in [0.25, 0.3) is 15.9 Å². The van der Waals surface area contributed by atoms with Gasteiger partial charge in [0.2, 0.25) is 0 Å². The second-order valence-corrected chi connectivity index (χ2v) is 8.22. The first-order chi connectivity index (χ1) is 13.4. The third-order valence-corrected chi connectivity index (χ3v) is 6.19. The molecule has 3 aromatic rings. The van der Waals surface area contributed by atoms with Crippen molar-refractivity contribution in [1.29, 1.82) is 0 Å². The number of carbonyl (C=O) groups excluding carboxylic acids is 1. The van der Waals surface area contributed by atoms with Crippen LogP contribution in [0.1, 0.15) is 22.8 Å². The van der Waals surface area contributed by atoms with Gasteiger partial charge in [-0.1, -0.05) is 36.4 Å². The van der Waals surface area contributed by atoms with Crippen LogP contribution in [-0.2, 0) is 10.0 Å². The minimum atomic E-state index is -3.79. The SMILES string of the molecule is CCN(c1ccccc1)S(=O)(=O)c1cccc(C(=O)Nc2cccc(C)c2)c1. The number of nitrogens with zero attached hydrogens (tertiary/aromatic N) is 1. The van der Waals surface area contributed by atoms with Gasteiger partial charge in [-0.25, -0.2) is 8.42 Å². The highest BCUT2D eigenvalue weighted by Crippen LogP contribution is 2.24. The van der Waals surface area contributed by atoms with Gasteiger partial charge in [-0.3, -0.25) is 9.10 Å². The molecular weight excluding hydrogens is 372 g/mol. The van der Waals surface area contributed by atoms with Crippen molar-refractivity contribution in [3.8, 4) is 0 Å². The summed E-state index contributed by atoms with van der Waals surface area (Å²) >= 11 is 0. The summed E-state index contributed by atoms with van der Waals surface area (Å²) in [5, 5.41) is 2.81. The van der Waals surface area contributed by atoms with E-state index in [-0.39, 0.29) is 22.9 Å². The molecule has 0 fully saturated rings. The second-order valence-electron chi connectivity index (χ2n) is 6.36. The molecule has 0 atom stereocenters. The lowest BCUT2D eigenvalue weighted by Crippen LogP contribution is -2.30. The Morgan fingerprint density at radius 2 is 1.64 bits per heavy atom. The van der Waals surface area contributed by atoms with Crippen molar-refractivity contribution < 1.29 is 13.2 Å². The number of nitrogens with one attached hydrogen (secondary N) is 1. The van der Waals surface area contributed by atoms with Gasteiger partial charge in [-0.2, -0.15) is 0 Å². The molecule has 0 radical (unpaired) electrons. The molecule has 0 heterocycles. The molecule has 0 saturated carbocycles. The van der Waals surface area contributed by atoms with Gasteiger partial charge in [0.15, 0.2) is 0 Å². The summed E-state index contributed by atoms with van der Waals surface area (Å²) in [4.78, 5) is 12.7. The van der Waals surface area contributed by atoms with Crippen molar-refractivity contribution in [2.45, 2.75) is 18.7 Å². The lowest BCUT2D eigenvalue weighted by molar-refractivity contribution is 0.102. The largest absolute Gasteiger partial charge is 0.322 e. The average Bonchev–Trinajstić information content (AvgIpc) is 2.69. The molecule has 1 N–H and O–H groups in total. The van der Waals surface area contributed by atoms with Crippen LogP contribution in [0.4, 0.5) is 11.4 Å². The molecule has 0 aliphatic heterocycles. The molecule has 0 spiro atoms. The Morgan fingerprint density at radius 3 is 2.32 bits per heavy atom.